The maximum atomic E-state index is 12.6. The van der Waals surface area contributed by atoms with Gasteiger partial charge in [0.2, 0.25) is 10.0 Å². The van der Waals surface area contributed by atoms with Crippen LogP contribution in [0.15, 0.2) is 24.3 Å². The molecule has 1 saturated carbocycles. The summed E-state index contributed by atoms with van der Waals surface area (Å²) in [5.41, 5.74) is 0.831. The molecule has 5 heteroatoms. The van der Waals surface area contributed by atoms with Crippen molar-refractivity contribution in [3.63, 3.8) is 0 Å². The number of nitrogens with zero attached hydrogens (tertiary/aromatic N) is 1. The Morgan fingerprint density at radius 3 is 2.65 bits per heavy atom. The highest BCUT2D eigenvalue weighted by atomic mass is 32.2. The minimum Gasteiger partial charge on any atom is -0.508 e. The number of aromatic hydroxyl groups is 1. The Morgan fingerprint density at radius 2 is 2.10 bits per heavy atom. The summed E-state index contributed by atoms with van der Waals surface area (Å²) in [4.78, 5) is 0. The predicted molar refractivity (Wildman–Crippen MR) is 79.9 cm³/mol. The van der Waals surface area contributed by atoms with Crippen LogP contribution in [0.3, 0.4) is 0 Å². The van der Waals surface area contributed by atoms with Crippen LogP contribution in [0.4, 0.5) is 0 Å². The minimum absolute atomic E-state index is 0.176. The molecule has 1 aromatic carbocycles. The van der Waals surface area contributed by atoms with Crippen molar-refractivity contribution in [2.75, 3.05) is 6.54 Å². The molecule has 0 spiro atoms. The summed E-state index contributed by atoms with van der Waals surface area (Å²) in [5, 5.41) is 9.15. The molecule has 0 heterocycles. The first-order valence-electron chi connectivity index (χ1n) is 7.20. The highest BCUT2D eigenvalue weighted by molar-refractivity contribution is 7.89. The molecule has 2 rings (SSSR count). The van der Waals surface area contributed by atoms with Crippen molar-refractivity contribution < 1.29 is 13.5 Å². The van der Waals surface area contributed by atoms with E-state index < -0.39 is 10.0 Å². The van der Waals surface area contributed by atoms with Gasteiger partial charge in [-0.05, 0) is 49.8 Å². The average Bonchev–Trinajstić information content (AvgIpc) is 3.21. The lowest BCUT2D eigenvalue weighted by molar-refractivity contribution is 0.383. The third-order valence-corrected chi connectivity index (χ3v) is 6.22. The first kappa shape index (κ1) is 15.3. The molecule has 1 N–H and O–H groups in total. The second-order valence-corrected chi connectivity index (χ2v) is 8.02. The quantitative estimate of drug-likeness (QED) is 0.842. The summed E-state index contributed by atoms with van der Waals surface area (Å²) >= 11 is 0. The van der Waals surface area contributed by atoms with E-state index in [4.69, 9.17) is 0 Å². The zero-order chi connectivity index (χ0) is 14.8. The molecule has 0 radical (unpaired) electrons. The second kappa shape index (κ2) is 6.14. The lowest BCUT2D eigenvalue weighted by Crippen LogP contribution is -2.38. The Balaban J connectivity index is 2.19. The van der Waals surface area contributed by atoms with E-state index in [2.05, 4.69) is 0 Å². The van der Waals surface area contributed by atoms with Crippen molar-refractivity contribution in [2.24, 2.45) is 5.92 Å². The van der Waals surface area contributed by atoms with Gasteiger partial charge in [0, 0.05) is 13.1 Å². The van der Waals surface area contributed by atoms with E-state index in [-0.39, 0.29) is 11.0 Å². The van der Waals surface area contributed by atoms with E-state index in [1.807, 2.05) is 13.0 Å². The van der Waals surface area contributed by atoms with Crippen LogP contribution in [0.5, 0.6) is 5.75 Å². The SMILES string of the molecule is CC[C@@H](C)S(=O)(=O)N(Cc1cccc(O)c1)CC1CC1. The van der Waals surface area contributed by atoms with Gasteiger partial charge in [-0.25, -0.2) is 8.42 Å². The van der Waals surface area contributed by atoms with Crippen LogP contribution < -0.4 is 0 Å². The van der Waals surface area contributed by atoms with Gasteiger partial charge in [0.15, 0.2) is 0 Å². The van der Waals surface area contributed by atoms with Gasteiger partial charge < -0.3 is 5.11 Å². The molecule has 112 valence electrons. The summed E-state index contributed by atoms with van der Waals surface area (Å²) in [6.45, 7) is 4.60. The third-order valence-electron chi connectivity index (χ3n) is 3.87. The fraction of sp³-hybridized carbons (Fsp3) is 0.600. The predicted octanol–water partition coefficient (Wildman–Crippen LogP) is 2.73. The van der Waals surface area contributed by atoms with Crippen LogP contribution in [-0.4, -0.2) is 29.6 Å². The van der Waals surface area contributed by atoms with E-state index in [1.54, 1.807) is 29.4 Å². The zero-order valence-electron chi connectivity index (χ0n) is 12.1. The van der Waals surface area contributed by atoms with Crippen LogP contribution in [0.2, 0.25) is 0 Å². The Labute approximate surface area is 121 Å². The van der Waals surface area contributed by atoms with Gasteiger partial charge in [0.05, 0.1) is 5.25 Å². The maximum Gasteiger partial charge on any atom is 0.217 e. The van der Waals surface area contributed by atoms with Crippen molar-refractivity contribution >= 4 is 10.0 Å². The number of benzene rings is 1. The lowest BCUT2D eigenvalue weighted by Gasteiger charge is -2.25. The van der Waals surface area contributed by atoms with Crippen molar-refractivity contribution in [2.45, 2.75) is 44.9 Å². The largest absolute Gasteiger partial charge is 0.508 e. The van der Waals surface area contributed by atoms with Gasteiger partial charge in [0.25, 0.3) is 0 Å². The van der Waals surface area contributed by atoms with Crippen molar-refractivity contribution in [3.05, 3.63) is 29.8 Å². The number of phenols is 1. The van der Waals surface area contributed by atoms with Crippen molar-refractivity contribution in [1.29, 1.82) is 0 Å². The standard InChI is InChI=1S/C15H23NO3S/c1-3-12(2)20(18,19)16(10-13-7-8-13)11-14-5-4-6-15(17)9-14/h4-6,9,12-13,17H,3,7-8,10-11H2,1-2H3/t12-/m1/s1. The van der Waals surface area contributed by atoms with E-state index in [9.17, 15) is 13.5 Å². The molecular weight excluding hydrogens is 274 g/mol. The summed E-state index contributed by atoms with van der Waals surface area (Å²) in [6.07, 6.45) is 2.85. The first-order valence-corrected chi connectivity index (χ1v) is 8.70. The van der Waals surface area contributed by atoms with Crippen molar-refractivity contribution in [1.82, 2.24) is 4.31 Å². The lowest BCUT2D eigenvalue weighted by atomic mass is 10.2. The van der Waals surface area contributed by atoms with Crippen molar-refractivity contribution in [3.8, 4) is 5.75 Å². The molecule has 20 heavy (non-hydrogen) atoms. The van der Waals surface area contributed by atoms with E-state index >= 15 is 0 Å². The third kappa shape index (κ3) is 3.73. The van der Waals surface area contributed by atoms with Crippen LogP contribution in [0, 0.1) is 5.92 Å². The Kier molecular flexibility index (Phi) is 4.70. The summed E-state index contributed by atoms with van der Waals surface area (Å²) in [6, 6.07) is 6.82. The molecule has 1 aliphatic carbocycles. The molecule has 0 saturated heterocycles. The Hall–Kier alpha value is -1.07. The van der Waals surface area contributed by atoms with Crippen LogP contribution in [0.25, 0.3) is 0 Å². The molecule has 0 amide bonds. The van der Waals surface area contributed by atoms with Gasteiger partial charge in [-0.1, -0.05) is 19.1 Å². The number of hydrogen-bond donors (Lipinski definition) is 1. The molecule has 1 fully saturated rings. The highest BCUT2D eigenvalue weighted by Crippen LogP contribution is 2.32. The molecule has 1 atom stereocenters. The molecule has 0 unspecified atom stereocenters. The van der Waals surface area contributed by atoms with Crippen LogP contribution >= 0.6 is 0 Å². The molecule has 0 aliphatic heterocycles. The van der Waals surface area contributed by atoms with Gasteiger partial charge in [-0.15, -0.1) is 0 Å². The highest BCUT2D eigenvalue weighted by Gasteiger charge is 2.33. The molecule has 1 aromatic rings. The number of phenolic OH excluding ortho intramolecular Hbond substituents is 1. The summed E-state index contributed by atoms with van der Waals surface area (Å²) in [5.74, 6) is 0.681. The maximum absolute atomic E-state index is 12.6. The summed E-state index contributed by atoms with van der Waals surface area (Å²) in [7, 11) is -3.27. The number of sulfonamides is 1. The van der Waals surface area contributed by atoms with E-state index in [1.165, 1.54) is 0 Å². The minimum atomic E-state index is -3.27. The van der Waals surface area contributed by atoms with Crippen LogP contribution in [0.1, 0.15) is 38.7 Å². The smallest absolute Gasteiger partial charge is 0.217 e. The van der Waals surface area contributed by atoms with Gasteiger partial charge in [-0.3, -0.25) is 0 Å². The van der Waals surface area contributed by atoms with E-state index in [0.717, 1.165) is 18.4 Å². The number of hydrogen-bond acceptors (Lipinski definition) is 3. The second-order valence-electron chi connectivity index (χ2n) is 5.67. The monoisotopic (exact) mass is 297 g/mol. The van der Waals surface area contributed by atoms with Crippen LogP contribution in [-0.2, 0) is 16.6 Å². The Morgan fingerprint density at radius 1 is 1.40 bits per heavy atom. The molecule has 0 aromatic heterocycles. The molecule has 0 bridgehead atoms. The van der Waals surface area contributed by atoms with Gasteiger partial charge >= 0.3 is 0 Å². The van der Waals surface area contributed by atoms with E-state index in [0.29, 0.717) is 25.4 Å². The fourth-order valence-electron chi connectivity index (χ4n) is 2.17. The normalized spacial score (nSPS) is 17.4. The fourth-order valence-corrected chi connectivity index (χ4v) is 3.85. The molecular formula is C15H23NO3S. The van der Waals surface area contributed by atoms with Gasteiger partial charge in [0.1, 0.15) is 5.75 Å². The van der Waals surface area contributed by atoms with Gasteiger partial charge in [-0.2, -0.15) is 4.31 Å². The topological polar surface area (TPSA) is 57.6 Å². The first-order chi connectivity index (χ1) is 9.43. The Bertz CT molecular complexity index is 552. The average molecular weight is 297 g/mol. The zero-order valence-corrected chi connectivity index (χ0v) is 12.9. The molecule has 1 aliphatic rings. The number of rotatable bonds is 7. The molecule has 4 nitrogen and oxygen atoms in total. The summed E-state index contributed by atoms with van der Waals surface area (Å²) < 4.78 is 26.7.